The number of ether oxygens (including phenoxy) is 1. The lowest BCUT2D eigenvalue weighted by atomic mass is 10.0. The lowest BCUT2D eigenvalue weighted by Gasteiger charge is -2.40. The monoisotopic (exact) mass is 517 g/mol. The van der Waals surface area contributed by atoms with Gasteiger partial charge < -0.3 is 20.3 Å². The first kappa shape index (κ1) is 26.0. The predicted molar refractivity (Wildman–Crippen MR) is 134 cm³/mol. The molecule has 0 bridgehead atoms. The summed E-state index contributed by atoms with van der Waals surface area (Å²) in [6.45, 7) is 15.7. The molecule has 7 heteroatoms. The molecular weight excluding hydrogens is 477 g/mol. The molecule has 6 nitrogen and oxygen atoms in total. The maximum atomic E-state index is 5.52. The summed E-state index contributed by atoms with van der Waals surface area (Å²) in [5.41, 5.74) is 2.30. The predicted octanol–water partition coefficient (Wildman–Crippen LogP) is 2.95. The first-order chi connectivity index (χ1) is 13.4. The van der Waals surface area contributed by atoms with Crippen molar-refractivity contribution in [1.82, 2.24) is 20.4 Å². The first-order valence-electron chi connectivity index (χ1n) is 10.5. The van der Waals surface area contributed by atoms with Gasteiger partial charge in [-0.1, -0.05) is 26.0 Å². The van der Waals surface area contributed by atoms with Gasteiger partial charge in [0.15, 0.2) is 5.96 Å². The Balaban J connectivity index is 0.00000420. The van der Waals surface area contributed by atoms with E-state index in [0.29, 0.717) is 18.5 Å². The van der Waals surface area contributed by atoms with Crippen LogP contribution in [-0.2, 0) is 6.54 Å². The normalized spacial score (nSPS) is 17.0. The van der Waals surface area contributed by atoms with Crippen molar-refractivity contribution in [2.45, 2.75) is 40.3 Å². The fourth-order valence-corrected chi connectivity index (χ4v) is 3.63. The molecule has 1 aliphatic rings. The lowest BCUT2D eigenvalue weighted by Crippen LogP contribution is -2.55. The average Bonchev–Trinajstić information content (AvgIpc) is 2.67. The Bertz CT molecular complexity index is 630. The van der Waals surface area contributed by atoms with Crippen LogP contribution in [0.3, 0.4) is 0 Å². The molecule has 0 saturated carbocycles. The summed E-state index contributed by atoms with van der Waals surface area (Å²) in [4.78, 5) is 9.82. The fraction of sp³-hybridized carbons (Fsp3) is 0.682. The molecule has 1 aromatic carbocycles. The summed E-state index contributed by atoms with van der Waals surface area (Å²) < 4.78 is 5.52. The smallest absolute Gasteiger partial charge is 0.191 e. The van der Waals surface area contributed by atoms with E-state index in [4.69, 9.17) is 9.73 Å². The minimum absolute atomic E-state index is 0. The van der Waals surface area contributed by atoms with Crippen molar-refractivity contribution in [2.75, 3.05) is 53.4 Å². The molecule has 2 rings (SSSR count). The molecule has 1 aliphatic heterocycles. The van der Waals surface area contributed by atoms with E-state index in [-0.39, 0.29) is 24.0 Å². The first-order valence-corrected chi connectivity index (χ1v) is 10.5. The summed E-state index contributed by atoms with van der Waals surface area (Å²) in [6, 6.07) is 6.78. The van der Waals surface area contributed by atoms with Crippen LogP contribution >= 0.6 is 24.0 Å². The third-order valence-corrected chi connectivity index (χ3v) is 5.45. The molecule has 1 atom stereocenters. The Labute approximate surface area is 194 Å². The van der Waals surface area contributed by atoms with Gasteiger partial charge >= 0.3 is 0 Å². The summed E-state index contributed by atoms with van der Waals surface area (Å²) in [6.07, 6.45) is 0. The van der Waals surface area contributed by atoms with E-state index in [1.165, 1.54) is 5.56 Å². The van der Waals surface area contributed by atoms with Gasteiger partial charge in [-0.15, -0.1) is 24.0 Å². The molecule has 1 fully saturated rings. The Morgan fingerprint density at radius 3 is 2.45 bits per heavy atom. The maximum absolute atomic E-state index is 5.52. The molecule has 0 aromatic heterocycles. The van der Waals surface area contributed by atoms with Crippen molar-refractivity contribution in [1.29, 1.82) is 0 Å². The molecule has 0 aliphatic carbocycles. The van der Waals surface area contributed by atoms with Crippen LogP contribution in [0.2, 0.25) is 0 Å². The maximum Gasteiger partial charge on any atom is 0.191 e. The zero-order valence-corrected chi connectivity index (χ0v) is 21.3. The quantitative estimate of drug-likeness (QED) is 0.316. The Hall–Kier alpha value is -1.06. The molecule has 0 spiro atoms. The van der Waals surface area contributed by atoms with Crippen LogP contribution in [0, 0.1) is 12.8 Å². The van der Waals surface area contributed by atoms with Gasteiger partial charge in [-0.3, -0.25) is 4.90 Å². The number of likely N-dealkylation sites (N-methyl/N-ethyl adjacent to an activating group) is 1. The molecule has 1 aromatic rings. The highest BCUT2D eigenvalue weighted by Crippen LogP contribution is 2.20. The molecule has 2 N–H and O–H groups in total. The molecule has 166 valence electrons. The summed E-state index contributed by atoms with van der Waals surface area (Å²) in [5.74, 6) is 2.36. The van der Waals surface area contributed by atoms with E-state index in [9.17, 15) is 0 Å². The van der Waals surface area contributed by atoms with Crippen LogP contribution < -0.4 is 15.4 Å². The number of rotatable bonds is 8. The Morgan fingerprint density at radius 1 is 1.17 bits per heavy atom. The van der Waals surface area contributed by atoms with Crippen LogP contribution in [0.25, 0.3) is 0 Å². The Kier molecular flexibility index (Phi) is 11.9. The molecule has 29 heavy (non-hydrogen) atoms. The number of guanidine groups is 1. The molecule has 0 radical (unpaired) electrons. The number of hydrogen-bond acceptors (Lipinski definition) is 4. The van der Waals surface area contributed by atoms with Crippen molar-refractivity contribution in [2.24, 2.45) is 10.9 Å². The molecule has 1 unspecified atom stereocenters. The summed E-state index contributed by atoms with van der Waals surface area (Å²) in [5, 5.41) is 6.95. The minimum atomic E-state index is 0. The topological polar surface area (TPSA) is 52.1 Å². The number of methoxy groups -OCH3 is 1. The number of benzene rings is 1. The van der Waals surface area contributed by atoms with E-state index >= 15 is 0 Å². The van der Waals surface area contributed by atoms with Gasteiger partial charge in [-0.2, -0.15) is 0 Å². The van der Waals surface area contributed by atoms with Crippen LogP contribution in [0.5, 0.6) is 5.75 Å². The second kappa shape index (κ2) is 13.3. The third kappa shape index (κ3) is 8.30. The van der Waals surface area contributed by atoms with E-state index < -0.39 is 0 Å². The van der Waals surface area contributed by atoms with Crippen molar-refractivity contribution >= 4 is 29.9 Å². The van der Waals surface area contributed by atoms with E-state index in [2.05, 4.69) is 73.4 Å². The summed E-state index contributed by atoms with van der Waals surface area (Å²) in [7, 11) is 3.92. The number of nitrogens with one attached hydrogen (secondary N) is 2. The number of aliphatic imine (C=N–C) groups is 1. The van der Waals surface area contributed by atoms with Crippen LogP contribution in [0.4, 0.5) is 0 Å². The van der Waals surface area contributed by atoms with Gasteiger partial charge in [0.05, 0.1) is 13.7 Å². The van der Waals surface area contributed by atoms with Crippen LogP contribution in [0.1, 0.15) is 31.9 Å². The van der Waals surface area contributed by atoms with Gasteiger partial charge in [0, 0.05) is 50.9 Å². The molecular formula is C22H40IN5O. The standard InChI is InChI=1S/C22H39N5O.HI/c1-7-23-22(24-15-19-9-8-18(4)14-21(19)28-6)25-16-20(17(2)3)27-12-10-26(5)11-13-27;/h8-9,14,17,20H,7,10-13,15-16H2,1-6H3,(H2,23,24,25);1H. The fourth-order valence-electron chi connectivity index (χ4n) is 3.63. The Morgan fingerprint density at radius 2 is 1.86 bits per heavy atom. The molecule has 0 amide bonds. The highest BCUT2D eigenvalue weighted by molar-refractivity contribution is 14.0. The number of nitrogens with zero attached hydrogens (tertiary/aromatic N) is 3. The lowest BCUT2D eigenvalue weighted by molar-refractivity contribution is 0.0900. The number of hydrogen-bond donors (Lipinski definition) is 2. The van der Waals surface area contributed by atoms with Gasteiger partial charge in [-0.25, -0.2) is 4.99 Å². The molecule has 1 heterocycles. The zero-order valence-electron chi connectivity index (χ0n) is 19.0. The molecule has 1 saturated heterocycles. The minimum Gasteiger partial charge on any atom is -0.496 e. The number of halogens is 1. The highest BCUT2D eigenvalue weighted by atomic mass is 127. The van der Waals surface area contributed by atoms with Crippen molar-refractivity contribution in [3.8, 4) is 5.75 Å². The van der Waals surface area contributed by atoms with Gasteiger partial charge in [0.1, 0.15) is 5.75 Å². The van der Waals surface area contributed by atoms with Gasteiger partial charge in [-0.05, 0) is 38.4 Å². The van der Waals surface area contributed by atoms with E-state index in [1.54, 1.807) is 7.11 Å². The number of piperazine rings is 1. The third-order valence-electron chi connectivity index (χ3n) is 5.45. The second-order valence-corrected chi connectivity index (χ2v) is 8.04. The van der Waals surface area contributed by atoms with E-state index in [1.807, 2.05) is 0 Å². The number of aryl methyl sites for hydroxylation is 1. The summed E-state index contributed by atoms with van der Waals surface area (Å²) >= 11 is 0. The van der Waals surface area contributed by atoms with E-state index in [0.717, 1.165) is 56.5 Å². The SMILES string of the molecule is CCNC(=NCc1ccc(C)cc1OC)NCC(C(C)C)N1CCN(C)CC1.I. The van der Waals surface area contributed by atoms with Gasteiger partial charge in [0.25, 0.3) is 0 Å². The van der Waals surface area contributed by atoms with Crippen molar-refractivity contribution in [3.05, 3.63) is 29.3 Å². The van der Waals surface area contributed by atoms with Crippen LogP contribution in [0.15, 0.2) is 23.2 Å². The zero-order chi connectivity index (χ0) is 20.5. The van der Waals surface area contributed by atoms with Crippen molar-refractivity contribution in [3.63, 3.8) is 0 Å². The average molecular weight is 518 g/mol. The van der Waals surface area contributed by atoms with Crippen LogP contribution in [-0.4, -0.2) is 75.2 Å². The highest BCUT2D eigenvalue weighted by Gasteiger charge is 2.25. The van der Waals surface area contributed by atoms with Crippen molar-refractivity contribution < 1.29 is 4.74 Å². The second-order valence-electron chi connectivity index (χ2n) is 8.04. The largest absolute Gasteiger partial charge is 0.496 e. The van der Waals surface area contributed by atoms with Gasteiger partial charge in [0.2, 0.25) is 0 Å².